The van der Waals surface area contributed by atoms with E-state index in [1.807, 2.05) is 19.6 Å². The topological polar surface area (TPSA) is 29.5 Å². The van der Waals surface area contributed by atoms with Crippen molar-refractivity contribution in [3.63, 3.8) is 0 Å². The van der Waals surface area contributed by atoms with Gasteiger partial charge in [-0.15, -0.1) is 6.42 Å². The summed E-state index contributed by atoms with van der Waals surface area (Å²) in [5.41, 5.74) is -0.973. The molecule has 0 bridgehead atoms. The first kappa shape index (κ1) is 11.3. The molecule has 0 unspecified atom stereocenters. The second-order valence-electron chi connectivity index (χ2n) is 4.66. The van der Waals surface area contributed by atoms with Crippen LogP contribution in [0.3, 0.4) is 0 Å². The Hall–Kier alpha value is -0.793. The zero-order valence-electron chi connectivity index (χ0n) is 9.26. The number of hydrogen-bond acceptors (Lipinski definition) is 2. The highest BCUT2D eigenvalue weighted by molar-refractivity contribution is 6.70. The number of carbonyl (C=O) groups excluding carboxylic acids is 1. The lowest BCUT2D eigenvalue weighted by Crippen LogP contribution is -2.47. The number of terminal acetylenes is 1. The van der Waals surface area contributed by atoms with Crippen LogP contribution >= 0.6 is 0 Å². The molecule has 1 aliphatic heterocycles. The number of likely N-dealkylation sites (tertiary alicyclic amines) is 1. The fourth-order valence-corrected chi connectivity index (χ4v) is 2.92. The van der Waals surface area contributed by atoms with Gasteiger partial charge in [-0.2, -0.15) is 0 Å². The van der Waals surface area contributed by atoms with Crippen molar-refractivity contribution in [2.75, 3.05) is 13.6 Å². The molecule has 1 aliphatic rings. The molecule has 0 aromatic heterocycles. The molecule has 78 valence electrons. The Kier molecular flexibility index (Phi) is 2.75. The van der Waals surface area contributed by atoms with E-state index in [0.29, 0.717) is 13.0 Å². The van der Waals surface area contributed by atoms with Gasteiger partial charge in [-0.3, -0.25) is 4.79 Å². The lowest BCUT2D eigenvalue weighted by Gasteiger charge is -2.29. The molecule has 4 heteroatoms. The van der Waals surface area contributed by atoms with Gasteiger partial charge in [-0.1, -0.05) is 5.92 Å². The minimum absolute atomic E-state index is 0.0672. The van der Waals surface area contributed by atoms with Gasteiger partial charge in [0.05, 0.1) is 0 Å². The highest BCUT2D eigenvalue weighted by atomic mass is 28.4. The lowest BCUT2D eigenvalue weighted by molar-refractivity contribution is -0.136. The molecule has 0 spiro atoms. The van der Waals surface area contributed by atoms with Gasteiger partial charge in [0.25, 0.3) is 5.91 Å². The maximum absolute atomic E-state index is 11.8. The molecule has 1 heterocycles. The predicted octanol–water partition coefficient (Wildman–Crippen LogP) is 1.07. The molecule has 0 N–H and O–H groups in total. The Morgan fingerprint density at radius 2 is 2.14 bits per heavy atom. The molecule has 0 saturated carbocycles. The Bertz CT molecular complexity index is 289. The zero-order valence-corrected chi connectivity index (χ0v) is 10.3. The van der Waals surface area contributed by atoms with Gasteiger partial charge in [0.15, 0.2) is 13.9 Å². The fraction of sp³-hybridized carbons (Fsp3) is 0.700. The summed E-state index contributed by atoms with van der Waals surface area (Å²) in [5, 5.41) is 0. The van der Waals surface area contributed by atoms with E-state index in [0.717, 1.165) is 0 Å². The number of amides is 1. The Morgan fingerprint density at radius 1 is 1.57 bits per heavy atom. The van der Waals surface area contributed by atoms with Gasteiger partial charge < -0.3 is 9.33 Å². The third-order valence-electron chi connectivity index (χ3n) is 2.21. The third-order valence-corrected chi connectivity index (χ3v) is 3.17. The van der Waals surface area contributed by atoms with E-state index < -0.39 is 13.9 Å². The largest absolute Gasteiger partial charge is 0.394 e. The minimum Gasteiger partial charge on any atom is -0.394 e. The molecular formula is C10H17NO2Si. The van der Waals surface area contributed by atoms with Gasteiger partial charge >= 0.3 is 0 Å². The molecule has 0 aromatic rings. The van der Waals surface area contributed by atoms with Gasteiger partial charge in [0.1, 0.15) is 0 Å². The zero-order chi connectivity index (χ0) is 11.0. The van der Waals surface area contributed by atoms with E-state index in [4.69, 9.17) is 10.8 Å². The standard InChI is InChI=1S/C10H17NO2Si/c1-6-10(13-14(3,4)5)7-8-11(2)9(10)12/h1H,7-8H2,2-5H3/t10-/m0/s1. The van der Waals surface area contributed by atoms with E-state index in [-0.39, 0.29) is 5.91 Å². The predicted molar refractivity (Wildman–Crippen MR) is 58.2 cm³/mol. The molecule has 0 radical (unpaired) electrons. The van der Waals surface area contributed by atoms with Crippen LogP contribution in [0, 0.1) is 12.3 Å². The summed E-state index contributed by atoms with van der Waals surface area (Å²) in [6.07, 6.45) is 6.04. The first-order valence-electron chi connectivity index (χ1n) is 4.74. The molecule has 0 aliphatic carbocycles. The second kappa shape index (κ2) is 3.41. The van der Waals surface area contributed by atoms with E-state index in [1.54, 1.807) is 11.9 Å². The molecule has 3 nitrogen and oxygen atoms in total. The van der Waals surface area contributed by atoms with Gasteiger partial charge in [0, 0.05) is 20.0 Å². The van der Waals surface area contributed by atoms with E-state index >= 15 is 0 Å². The van der Waals surface area contributed by atoms with Crippen LogP contribution in [0.4, 0.5) is 0 Å². The second-order valence-corrected chi connectivity index (χ2v) is 9.09. The van der Waals surface area contributed by atoms with Crippen molar-refractivity contribution in [2.24, 2.45) is 0 Å². The lowest BCUT2D eigenvalue weighted by atomic mass is 10.0. The van der Waals surface area contributed by atoms with Crippen LogP contribution in [0.25, 0.3) is 0 Å². The van der Waals surface area contributed by atoms with Crippen LogP contribution in [0.5, 0.6) is 0 Å². The number of carbonyl (C=O) groups is 1. The number of rotatable bonds is 2. The average molecular weight is 211 g/mol. The highest BCUT2D eigenvalue weighted by Crippen LogP contribution is 2.28. The highest BCUT2D eigenvalue weighted by Gasteiger charge is 2.47. The first-order chi connectivity index (χ1) is 6.31. The quantitative estimate of drug-likeness (QED) is 0.505. The monoisotopic (exact) mass is 211 g/mol. The molecule has 1 saturated heterocycles. The smallest absolute Gasteiger partial charge is 0.266 e. The molecule has 1 fully saturated rings. The maximum atomic E-state index is 11.8. The summed E-state index contributed by atoms with van der Waals surface area (Å²) in [5.74, 6) is 2.47. The van der Waals surface area contributed by atoms with E-state index in [9.17, 15) is 4.79 Å². The minimum atomic E-state index is -1.78. The first-order valence-corrected chi connectivity index (χ1v) is 8.15. The fourth-order valence-electron chi connectivity index (χ4n) is 1.62. The van der Waals surface area contributed by atoms with Gasteiger partial charge in [-0.05, 0) is 19.6 Å². The summed E-state index contributed by atoms with van der Waals surface area (Å²) in [6, 6.07) is 0. The average Bonchev–Trinajstić information content (AvgIpc) is 2.31. The third kappa shape index (κ3) is 1.99. The van der Waals surface area contributed by atoms with Crippen LogP contribution in [0.2, 0.25) is 19.6 Å². The van der Waals surface area contributed by atoms with Crippen molar-refractivity contribution in [3.05, 3.63) is 0 Å². The summed E-state index contributed by atoms with van der Waals surface area (Å²) >= 11 is 0. The van der Waals surface area contributed by atoms with Crippen LogP contribution in [0.1, 0.15) is 6.42 Å². The normalized spacial score (nSPS) is 27.9. The SMILES string of the molecule is C#C[C@]1(O[Si](C)(C)C)CCN(C)C1=O. The molecule has 1 atom stereocenters. The molecule has 0 aromatic carbocycles. The van der Waals surface area contributed by atoms with Crippen molar-refractivity contribution >= 4 is 14.2 Å². The van der Waals surface area contributed by atoms with Crippen molar-refractivity contribution < 1.29 is 9.22 Å². The molecule has 1 amide bonds. The van der Waals surface area contributed by atoms with Crippen LogP contribution in [-0.2, 0) is 9.22 Å². The summed E-state index contributed by atoms with van der Waals surface area (Å²) < 4.78 is 5.83. The maximum Gasteiger partial charge on any atom is 0.266 e. The molecule has 14 heavy (non-hydrogen) atoms. The van der Waals surface area contributed by atoms with Gasteiger partial charge in [0.2, 0.25) is 0 Å². The Morgan fingerprint density at radius 3 is 2.43 bits per heavy atom. The van der Waals surface area contributed by atoms with Crippen molar-refractivity contribution in [3.8, 4) is 12.3 Å². The number of nitrogens with zero attached hydrogens (tertiary/aromatic N) is 1. The van der Waals surface area contributed by atoms with Crippen molar-refractivity contribution in [2.45, 2.75) is 31.7 Å². The number of likely N-dealkylation sites (N-methyl/N-ethyl adjacent to an activating group) is 1. The van der Waals surface area contributed by atoms with Crippen LogP contribution < -0.4 is 0 Å². The summed E-state index contributed by atoms with van der Waals surface area (Å²) in [6.45, 7) is 6.81. The van der Waals surface area contributed by atoms with Crippen molar-refractivity contribution in [1.29, 1.82) is 0 Å². The van der Waals surface area contributed by atoms with Crippen LogP contribution in [0.15, 0.2) is 0 Å². The van der Waals surface area contributed by atoms with Crippen LogP contribution in [-0.4, -0.2) is 38.3 Å². The van der Waals surface area contributed by atoms with Crippen molar-refractivity contribution in [1.82, 2.24) is 4.90 Å². The molecular weight excluding hydrogens is 194 g/mol. The van der Waals surface area contributed by atoms with E-state index in [2.05, 4.69) is 5.92 Å². The van der Waals surface area contributed by atoms with Gasteiger partial charge in [-0.25, -0.2) is 0 Å². The summed E-state index contributed by atoms with van der Waals surface area (Å²) in [4.78, 5) is 13.5. The van der Waals surface area contributed by atoms with E-state index in [1.165, 1.54) is 0 Å². The Labute approximate surface area is 86.6 Å². The summed E-state index contributed by atoms with van der Waals surface area (Å²) in [7, 11) is -0.0180. The Balaban J connectivity index is 2.90. The molecule has 1 rings (SSSR count). The number of hydrogen-bond donors (Lipinski definition) is 0.